The van der Waals surface area contributed by atoms with Crippen molar-refractivity contribution in [1.82, 2.24) is 20.2 Å². The average Bonchev–Trinajstić information content (AvgIpc) is 3.08. The molecule has 0 radical (unpaired) electrons. The molecule has 2 heterocycles. The molecule has 2 aliphatic rings. The lowest BCUT2D eigenvalue weighted by Crippen LogP contribution is -2.48. The van der Waals surface area contributed by atoms with Crippen molar-refractivity contribution in [2.45, 2.75) is 63.6 Å². The summed E-state index contributed by atoms with van der Waals surface area (Å²) in [4.78, 5) is 22.4. The SMILES string of the molecule is CCCCN1C(=O)C2(CCCCC2)N[C@@H]1c1ncc[nH]1. The third-order valence-corrected chi connectivity index (χ3v) is 4.63. The van der Waals surface area contributed by atoms with Crippen molar-refractivity contribution in [2.75, 3.05) is 6.54 Å². The molecule has 1 amide bonds. The second-order valence-electron chi connectivity index (χ2n) is 6.02. The van der Waals surface area contributed by atoms with Crippen LogP contribution in [0.4, 0.5) is 0 Å². The lowest BCUT2D eigenvalue weighted by atomic mass is 9.81. The van der Waals surface area contributed by atoms with Crippen molar-refractivity contribution in [3.05, 3.63) is 18.2 Å². The monoisotopic (exact) mass is 276 g/mol. The third kappa shape index (κ3) is 2.24. The number of aromatic nitrogens is 2. The molecule has 2 fully saturated rings. The molecule has 5 heteroatoms. The van der Waals surface area contributed by atoms with Gasteiger partial charge in [0.05, 0.1) is 5.54 Å². The topological polar surface area (TPSA) is 61.0 Å². The van der Waals surface area contributed by atoms with Crippen LogP contribution in [0.3, 0.4) is 0 Å². The summed E-state index contributed by atoms with van der Waals surface area (Å²) in [6.07, 6.45) is 11.1. The summed E-state index contributed by atoms with van der Waals surface area (Å²) < 4.78 is 0. The number of carbonyl (C=O) groups is 1. The maximum Gasteiger partial charge on any atom is 0.244 e. The Kier molecular flexibility index (Phi) is 3.78. The van der Waals surface area contributed by atoms with E-state index < -0.39 is 0 Å². The predicted molar refractivity (Wildman–Crippen MR) is 76.9 cm³/mol. The molecule has 1 aliphatic heterocycles. The van der Waals surface area contributed by atoms with Crippen LogP contribution in [0.5, 0.6) is 0 Å². The van der Waals surface area contributed by atoms with E-state index in [0.29, 0.717) is 0 Å². The molecule has 5 nitrogen and oxygen atoms in total. The van der Waals surface area contributed by atoms with Crippen molar-refractivity contribution < 1.29 is 4.79 Å². The van der Waals surface area contributed by atoms with Gasteiger partial charge < -0.3 is 9.88 Å². The van der Waals surface area contributed by atoms with Gasteiger partial charge in [-0.25, -0.2) is 4.98 Å². The second kappa shape index (κ2) is 5.56. The molecule has 0 unspecified atom stereocenters. The van der Waals surface area contributed by atoms with Crippen LogP contribution in [0.25, 0.3) is 0 Å². The molecular formula is C15H24N4O. The van der Waals surface area contributed by atoms with Crippen molar-refractivity contribution in [2.24, 2.45) is 0 Å². The van der Waals surface area contributed by atoms with Gasteiger partial charge in [0.25, 0.3) is 0 Å². The van der Waals surface area contributed by atoms with E-state index in [4.69, 9.17) is 0 Å². The number of imidazole rings is 1. The summed E-state index contributed by atoms with van der Waals surface area (Å²) >= 11 is 0. The lowest BCUT2D eigenvalue weighted by molar-refractivity contribution is -0.134. The Morgan fingerprint density at radius 2 is 2.20 bits per heavy atom. The maximum absolute atomic E-state index is 12.9. The van der Waals surface area contributed by atoms with Gasteiger partial charge in [0, 0.05) is 18.9 Å². The third-order valence-electron chi connectivity index (χ3n) is 4.63. The minimum absolute atomic E-state index is 0.0813. The molecule has 2 N–H and O–H groups in total. The maximum atomic E-state index is 12.9. The van der Waals surface area contributed by atoms with E-state index in [0.717, 1.165) is 50.9 Å². The number of hydrogen-bond acceptors (Lipinski definition) is 3. The number of carbonyl (C=O) groups excluding carboxylic acids is 1. The zero-order valence-electron chi connectivity index (χ0n) is 12.2. The molecule has 1 aromatic heterocycles. The summed E-state index contributed by atoms with van der Waals surface area (Å²) in [6, 6.07) is 0. The van der Waals surface area contributed by atoms with Gasteiger partial charge in [0.2, 0.25) is 5.91 Å². The molecule has 3 rings (SSSR count). The zero-order chi connectivity index (χ0) is 14.0. The highest BCUT2D eigenvalue weighted by Gasteiger charge is 2.51. The van der Waals surface area contributed by atoms with E-state index >= 15 is 0 Å². The van der Waals surface area contributed by atoms with E-state index in [2.05, 4.69) is 22.2 Å². The zero-order valence-corrected chi connectivity index (χ0v) is 12.2. The minimum atomic E-state index is -0.330. The summed E-state index contributed by atoms with van der Waals surface area (Å²) in [5, 5.41) is 3.60. The van der Waals surface area contributed by atoms with Crippen molar-refractivity contribution in [3.8, 4) is 0 Å². The highest BCUT2D eigenvalue weighted by Crippen LogP contribution is 2.39. The molecule has 1 spiro atoms. The summed E-state index contributed by atoms with van der Waals surface area (Å²) in [7, 11) is 0. The Balaban J connectivity index is 1.85. The fourth-order valence-corrected chi connectivity index (χ4v) is 3.51. The Bertz CT molecular complexity index is 450. The van der Waals surface area contributed by atoms with Crippen LogP contribution in [0.15, 0.2) is 12.4 Å². The van der Waals surface area contributed by atoms with E-state index in [1.54, 1.807) is 6.20 Å². The van der Waals surface area contributed by atoms with Crippen molar-refractivity contribution >= 4 is 5.91 Å². The number of H-pyrrole nitrogens is 1. The van der Waals surface area contributed by atoms with Gasteiger partial charge in [-0.1, -0.05) is 32.6 Å². The largest absolute Gasteiger partial charge is 0.346 e. The summed E-state index contributed by atoms with van der Waals surface area (Å²) in [5.41, 5.74) is -0.330. The number of nitrogens with zero attached hydrogens (tertiary/aromatic N) is 2. The summed E-state index contributed by atoms with van der Waals surface area (Å²) in [5.74, 6) is 1.14. The van der Waals surface area contributed by atoms with Gasteiger partial charge in [-0.3, -0.25) is 10.1 Å². The van der Waals surface area contributed by atoms with E-state index in [-0.39, 0.29) is 17.6 Å². The Hall–Kier alpha value is -1.36. The summed E-state index contributed by atoms with van der Waals surface area (Å²) in [6.45, 7) is 2.97. The van der Waals surface area contributed by atoms with Gasteiger partial charge >= 0.3 is 0 Å². The number of rotatable bonds is 4. The van der Waals surface area contributed by atoms with Gasteiger partial charge in [0.15, 0.2) is 0 Å². The van der Waals surface area contributed by atoms with Crippen molar-refractivity contribution in [3.63, 3.8) is 0 Å². The first-order valence-corrected chi connectivity index (χ1v) is 7.85. The molecule has 1 aromatic rings. The Labute approximate surface area is 120 Å². The van der Waals surface area contributed by atoms with Gasteiger partial charge in [-0.2, -0.15) is 0 Å². The van der Waals surface area contributed by atoms with Crippen LogP contribution in [0, 0.1) is 0 Å². The fraction of sp³-hybridized carbons (Fsp3) is 0.733. The minimum Gasteiger partial charge on any atom is -0.346 e. The van der Waals surface area contributed by atoms with Crippen LogP contribution in [0.1, 0.15) is 63.9 Å². The normalized spacial score (nSPS) is 25.6. The molecule has 20 heavy (non-hydrogen) atoms. The fourth-order valence-electron chi connectivity index (χ4n) is 3.51. The molecule has 1 saturated carbocycles. The Morgan fingerprint density at radius 1 is 1.40 bits per heavy atom. The smallest absolute Gasteiger partial charge is 0.244 e. The van der Waals surface area contributed by atoms with Gasteiger partial charge in [0.1, 0.15) is 12.0 Å². The second-order valence-corrected chi connectivity index (χ2v) is 6.02. The van der Waals surface area contributed by atoms with Gasteiger partial charge in [-0.05, 0) is 19.3 Å². The first-order chi connectivity index (χ1) is 9.77. The van der Waals surface area contributed by atoms with Crippen LogP contribution in [-0.2, 0) is 4.79 Å². The van der Waals surface area contributed by atoms with E-state index in [1.165, 1.54) is 6.42 Å². The van der Waals surface area contributed by atoms with E-state index in [1.807, 2.05) is 11.1 Å². The molecule has 1 aliphatic carbocycles. The Morgan fingerprint density at radius 3 is 2.85 bits per heavy atom. The number of amides is 1. The lowest BCUT2D eigenvalue weighted by Gasteiger charge is -2.31. The predicted octanol–water partition coefficient (Wildman–Crippen LogP) is 2.34. The molecule has 0 bridgehead atoms. The quantitative estimate of drug-likeness (QED) is 0.887. The number of hydrogen-bond donors (Lipinski definition) is 2. The molecule has 1 atom stereocenters. The van der Waals surface area contributed by atoms with Crippen LogP contribution in [-0.4, -0.2) is 32.9 Å². The van der Waals surface area contributed by atoms with Gasteiger partial charge in [-0.15, -0.1) is 0 Å². The molecule has 110 valence electrons. The van der Waals surface area contributed by atoms with Crippen LogP contribution in [0.2, 0.25) is 0 Å². The highest BCUT2D eigenvalue weighted by atomic mass is 16.2. The first-order valence-electron chi connectivity index (χ1n) is 7.85. The van der Waals surface area contributed by atoms with Crippen LogP contribution >= 0.6 is 0 Å². The van der Waals surface area contributed by atoms with Crippen molar-refractivity contribution in [1.29, 1.82) is 0 Å². The standard InChI is InChI=1S/C15H24N4O/c1-2-3-11-19-13(12-16-9-10-17-12)18-15(14(19)20)7-5-4-6-8-15/h9-10,13,18H,2-8,11H2,1H3,(H,16,17)/t13-/m0/s1. The first kappa shape index (κ1) is 13.6. The highest BCUT2D eigenvalue weighted by molar-refractivity contribution is 5.89. The number of aromatic amines is 1. The van der Waals surface area contributed by atoms with Crippen LogP contribution < -0.4 is 5.32 Å². The number of unbranched alkanes of at least 4 members (excludes halogenated alkanes) is 1. The van der Waals surface area contributed by atoms with E-state index in [9.17, 15) is 4.79 Å². The average molecular weight is 276 g/mol. The number of nitrogens with one attached hydrogen (secondary N) is 2. The molecule has 0 aromatic carbocycles. The molecular weight excluding hydrogens is 252 g/mol. The molecule has 1 saturated heterocycles.